The van der Waals surface area contributed by atoms with Gasteiger partial charge in [-0.1, -0.05) is 32.9 Å². The van der Waals surface area contributed by atoms with Gasteiger partial charge in [-0.3, -0.25) is 14.4 Å². The number of morpholine rings is 1. The van der Waals surface area contributed by atoms with Crippen LogP contribution < -0.4 is 16.3 Å². The molecule has 1 atom stereocenters. The van der Waals surface area contributed by atoms with Gasteiger partial charge in [0.05, 0.1) is 18.9 Å². The molecule has 2 aliphatic rings. The number of rotatable bonds is 8. The second-order valence-corrected chi connectivity index (χ2v) is 9.12. The van der Waals surface area contributed by atoms with Gasteiger partial charge < -0.3 is 15.1 Å². The van der Waals surface area contributed by atoms with Gasteiger partial charge in [0.2, 0.25) is 5.95 Å². The van der Waals surface area contributed by atoms with Crippen LogP contribution in [-0.4, -0.2) is 65.1 Å². The summed E-state index contributed by atoms with van der Waals surface area (Å²) in [5.41, 5.74) is 9.84. The van der Waals surface area contributed by atoms with E-state index in [1.807, 2.05) is 67.6 Å². The summed E-state index contributed by atoms with van der Waals surface area (Å²) in [6.45, 7) is 13.4. The number of amides is 1. The minimum atomic E-state index is 0.0332. The smallest absolute Gasteiger partial charge is 0.254 e. The molecule has 0 radical (unpaired) electrons. The first-order chi connectivity index (χ1) is 18.0. The molecule has 37 heavy (non-hydrogen) atoms. The molecule has 2 aromatic rings. The lowest BCUT2D eigenvalue weighted by Crippen LogP contribution is -2.43. The Balaban J connectivity index is 0.00000186. The molecule has 1 aliphatic carbocycles. The summed E-state index contributed by atoms with van der Waals surface area (Å²) in [6.07, 6.45) is 3.31. The van der Waals surface area contributed by atoms with E-state index in [9.17, 15) is 4.79 Å². The van der Waals surface area contributed by atoms with Crippen molar-refractivity contribution in [3.05, 3.63) is 41.4 Å². The number of benzene rings is 1. The summed E-state index contributed by atoms with van der Waals surface area (Å²) in [4.78, 5) is 29.0. The van der Waals surface area contributed by atoms with Crippen molar-refractivity contribution in [1.82, 2.24) is 25.3 Å². The maximum atomic E-state index is 12.8. The van der Waals surface area contributed by atoms with Crippen LogP contribution in [-0.2, 0) is 11.8 Å². The molecule has 202 valence electrons. The largest absolute Gasteiger partial charge is 0.378 e. The quantitative estimate of drug-likeness (QED) is 0.320. The van der Waals surface area contributed by atoms with E-state index in [0.29, 0.717) is 50.4 Å². The van der Waals surface area contributed by atoms with Gasteiger partial charge in [0.15, 0.2) is 0 Å². The standard InChI is InChI=1S/C26H37N7O2.C2H6/c1-5-23(31-30-18(3)19-7-8-19)29-26-28-22(17-24(27-6-2)32(26)4)20-9-11-21(12-10-20)25(34)33-13-15-35-16-14-33;1-2/h9-12,17-19,30H,5-8,13-16H2,1-4H3,(H,28,29,31);1-2H3. The van der Waals surface area contributed by atoms with Crippen LogP contribution in [0.3, 0.4) is 0 Å². The lowest BCUT2D eigenvalue weighted by atomic mass is 10.1. The third kappa shape index (κ3) is 7.72. The van der Waals surface area contributed by atoms with Crippen LogP contribution in [0.1, 0.15) is 64.2 Å². The molecule has 2 fully saturated rings. The van der Waals surface area contributed by atoms with Gasteiger partial charge in [0, 0.05) is 56.3 Å². The van der Waals surface area contributed by atoms with E-state index in [1.165, 1.54) is 12.8 Å². The zero-order chi connectivity index (χ0) is 26.8. The number of aliphatic imine (C=N–C) groups is 1. The Labute approximate surface area is 221 Å². The number of hydrogen-bond acceptors (Lipinski definition) is 6. The van der Waals surface area contributed by atoms with E-state index in [4.69, 9.17) is 14.7 Å². The molecule has 1 aromatic carbocycles. The van der Waals surface area contributed by atoms with Crippen molar-refractivity contribution in [3.63, 3.8) is 0 Å². The number of amidine groups is 1. The van der Waals surface area contributed by atoms with Crippen LogP contribution in [0.25, 0.3) is 11.3 Å². The molecule has 0 bridgehead atoms. The monoisotopic (exact) mass is 509 g/mol. The maximum absolute atomic E-state index is 12.8. The highest BCUT2D eigenvalue weighted by Gasteiger charge is 2.27. The molecule has 9 heteroatoms. The van der Waals surface area contributed by atoms with Crippen LogP contribution >= 0.6 is 0 Å². The maximum Gasteiger partial charge on any atom is 0.254 e. The zero-order valence-electron chi connectivity index (χ0n) is 23.3. The molecule has 1 amide bonds. The molecule has 1 saturated heterocycles. The number of carbonyl (C=O) groups excluding carboxylic acids is 1. The summed E-state index contributed by atoms with van der Waals surface area (Å²) in [5.74, 6) is 2.18. The van der Waals surface area contributed by atoms with Crippen molar-refractivity contribution in [3.8, 4) is 11.3 Å². The van der Waals surface area contributed by atoms with Gasteiger partial charge in [0.25, 0.3) is 5.91 Å². The van der Waals surface area contributed by atoms with E-state index in [0.717, 1.165) is 34.9 Å². The SMILES string of the molecule is CC.CCN=c1cc(-c2ccc(C(=O)N3CCOCC3)cc2)nc(/N=C(\CC)NNC(C)C2CC2)n1C. The molecular weight excluding hydrogens is 466 g/mol. The van der Waals surface area contributed by atoms with Crippen LogP contribution in [0.2, 0.25) is 0 Å². The minimum Gasteiger partial charge on any atom is -0.378 e. The Morgan fingerprint density at radius 3 is 2.43 bits per heavy atom. The first kappa shape index (κ1) is 28.5. The van der Waals surface area contributed by atoms with E-state index in [1.54, 1.807) is 0 Å². The van der Waals surface area contributed by atoms with E-state index < -0.39 is 0 Å². The third-order valence-electron chi connectivity index (χ3n) is 6.52. The van der Waals surface area contributed by atoms with E-state index in [2.05, 4.69) is 29.7 Å². The van der Waals surface area contributed by atoms with Crippen LogP contribution in [0.15, 0.2) is 40.3 Å². The van der Waals surface area contributed by atoms with Crippen molar-refractivity contribution >= 4 is 17.7 Å². The first-order valence-corrected chi connectivity index (χ1v) is 13.6. The van der Waals surface area contributed by atoms with Gasteiger partial charge in [-0.15, -0.1) is 0 Å². The molecule has 2 N–H and O–H groups in total. The predicted molar refractivity (Wildman–Crippen MR) is 149 cm³/mol. The molecule has 9 nitrogen and oxygen atoms in total. The molecule has 0 spiro atoms. The number of ether oxygens (including phenoxy) is 1. The number of nitrogens with one attached hydrogen (secondary N) is 2. The molecular formula is C28H43N7O2. The topological polar surface area (TPSA) is 96.1 Å². The van der Waals surface area contributed by atoms with Gasteiger partial charge in [-0.25, -0.2) is 10.4 Å². The lowest BCUT2D eigenvalue weighted by Gasteiger charge is -2.26. The fourth-order valence-corrected chi connectivity index (χ4v) is 4.06. The summed E-state index contributed by atoms with van der Waals surface area (Å²) >= 11 is 0. The Bertz CT molecular complexity index is 1110. The Morgan fingerprint density at radius 1 is 1.16 bits per heavy atom. The second-order valence-electron chi connectivity index (χ2n) is 9.12. The Kier molecular flexibility index (Phi) is 10.8. The normalized spacial score (nSPS) is 17.2. The van der Waals surface area contributed by atoms with E-state index >= 15 is 0 Å². The summed E-state index contributed by atoms with van der Waals surface area (Å²) in [5, 5.41) is 0. The van der Waals surface area contributed by atoms with Gasteiger partial charge in [-0.2, -0.15) is 4.99 Å². The van der Waals surface area contributed by atoms with E-state index in [-0.39, 0.29) is 5.91 Å². The van der Waals surface area contributed by atoms with Crippen LogP contribution in [0.5, 0.6) is 0 Å². The summed E-state index contributed by atoms with van der Waals surface area (Å²) < 4.78 is 7.27. The first-order valence-electron chi connectivity index (χ1n) is 13.6. The van der Waals surface area contributed by atoms with Gasteiger partial charge in [-0.05, 0) is 44.7 Å². The highest BCUT2D eigenvalue weighted by Crippen LogP contribution is 2.32. The average Bonchev–Trinajstić information content (AvgIpc) is 3.80. The lowest BCUT2D eigenvalue weighted by molar-refractivity contribution is 0.0303. The van der Waals surface area contributed by atoms with Gasteiger partial charge >= 0.3 is 0 Å². The molecule has 2 heterocycles. The zero-order valence-corrected chi connectivity index (χ0v) is 23.3. The third-order valence-corrected chi connectivity index (χ3v) is 6.52. The van der Waals surface area contributed by atoms with Crippen molar-refractivity contribution in [2.75, 3.05) is 32.8 Å². The van der Waals surface area contributed by atoms with Crippen molar-refractivity contribution < 1.29 is 9.53 Å². The number of carbonyl (C=O) groups is 1. The number of aromatic nitrogens is 2. The van der Waals surface area contributed by atoms with Crippen molar-refractivity contribution in [1.29, 1.82) is 0 Å². The Morgan fingerprint density at radius 2 is 1.84 bits per heavy atom. The van der Waals surface area contributed by atoms with Crippen molar-refractivity contribution in [2.24, 2.45) is 23.0 Å². The molecule has 1 aromatic heterocycles. The molecule has 1 aliphatic heterocycles. The van der Waals surface area contributed by atoms with Gasteiger partial charge in [0.1, 0.15) is 11.3 Å². The molecule has 1 saturated carbocycles. The van der Waals surface area contributed by atoms with Crippen molar-refractivity contribution in [2.45, 2.75) is 59.9 Å². The summed E-state index contributed by atoms with van der Waals surface area (Å²) in [6, 6.07) is 9.99. The highest BCUT2D eigenvalue weighted by molar-refractivity contribution is 5.94. The Hall–Kier alpha value is -3.04. The number of hydrazine groups is 1. The number of nitrogens with zero attached hydrogens (tertiary/aromatic N) is 5. The second kappa shape index (κ2) is 14.0. The van der Waals surface area contributed by atoms with Crippen LogP contribution in [0, 0.1) is 5.92 Å². The molecule has 4 rings (SSSR count). The predicted octanol–water partition coefficient (Wildman–Crippen LogP) is 3.84. The van der Waals surface area contributed by atoms with Crippen LogP contribution in [0.4, 0.5) is 5.95 Å². The fraction of sp³-hybridized carbons (Fsp3) is 0.571. The number of hydrogen-bond donors (Lipinski definition) is 2. The summed E-state index contributed by atoms with van der Waals surface area (Å²) in [7, 11) is 1.93. The minimum absolute atomic E-state index is 0.0332. The highest BCUT2D eigenvalue weighted by atomic mass is 16.5. The average molecular weight is 510 g/mol. The fourth-order valence-electron chi connectivity index (χ4n) is 4.06. The molecule has 1 unspecified atom stereocenters.